The summed E-state index contributed by atoms with van der Waals surface area (Å²) in [6.45, 7) is 4.21. The zero-order valence-corrected chi connectivity index (χ0v) is 15.8. The second kappa shape index (κ2) is 10.4. The van der Waals surface area contributed by atoms with Crippen molar-refractivity contribution in [3.05, 3.63) is 34.9 Å². The molecule has 1 unspecified atom stereocenters. The zero-order valence-electron chi connectivity index (χ0n) is 13.4. The average molecular weight is 378 g/mol. The molecule has 1 aromatic rings. The highest BCUT2D eigenvalue weighted by molar-refractivity contribution is 7.98. The van der Waals surface area contributed by atoms with Crippen molar-refractivity contribution in [2.75, 3.05) is 38.2 Å². The fourth-order valence-corrected chi connectivity index (χ4v) is 3.19. The summed E-state index contributed by atoms with van der Waals surface area (Å²) in [6, 6.07) is 7.59. The second-order valence-corrected chi connectivity index (χ2v) is 7.04. The Morgan fingerprint density at radius 3 is 2.43 bits per heavy atom. The predicted molar refractivity (Wildman–Crippen MR) is 102 cm³/mol. The molecule has 130 valence electrons. The summed E-state index contributed by atoms with van der Waals surface area (Å²) in [6.07, 6.45) is 2.79. The highest BCUT2D eigenvalue weighted by Crippen LogP contribution is 2.13. The number of nitrogens with zero attached hydrogens (tertiary/aromatic N) is 2. The van der Waals surface area contributed by atoms with Gasteiger partial charge < -0.3 is 10.6 Å². The van der Waals surface area contributed by atoms with Gasteiger partial charge in [0.15, 0.2) is 0 Å². The molecule has 2 N–H and O–H groups in total. The predicted octanol–water partition coefficient (Wildman–Crippen LogP) is 2.49. The number of halogens is 2. The van der Waals surface area contributed by atoms with Crippen LogP contribution in [0.5, 0.6) is 0 Å². The third-order valence-electron chi connectivity index (χ3n) is 3.95. The molecule has 0 bridgehead atoms. The lowest BCUT2D eigenvalue weighted by atomic mass is 10.1. The van der Waals surface area contributed by atoms with Gasteiger partial charge in [0, 0.05) is 37.7 Å². The average Bonchev–Trinajstić information content (AvgIpc) is 2.55. The fourth-order valence-electron chi connectivity index (χ4n) is 2.58. The minimum absolute atomic E-state index is 0. The van der Waals surface area contributed by atoms with Gasteiger partial charge in [0.2, 0.25) is 5.91 Å². The Hall–Kier alpha value is -0.460. The summed E-state index contributed by atoms with van der Waals surface area (Å²) in [5, 5.41) is 0.762. The van der Waals surface area contributed by atoms with Crippen molar-refractivity contribution >= 4 is 41.7 Å². The van der Waals surface area contributed by atoms with Gasteiger partial charge in [-0.1, -0.05) is 23.7 Å². The van der Waals surface area contributed by atoms with Gasteiger partial charge in [0.1, 0.15) is 0 Å². The van der Waals surface area contributed by atoms with Gasteiger partial charge >= 0.3 is 0 Å². The van der Waals surface area contributed by atoms with Crippen molar-refractivity contribution in [1.29, 1.82) is 0 Å². The summed E-state index contributed by atoms with van der Waals surface area (Å²) in [5.41, 5.74) is 7.23. The summed E-state index contributed by atoms with van der Waals surface area (Å²) in [5.74, 6) is 1.03. The molecule has 1 fully saturated rings. The second-order valence-electron chi connectivity index (χ2n) is 5.62. The lowest BCUT2D eigenvalue weighted by Crippen LogP contribution is -2.53. The van der Waals surface area contributed by atoms with Crippen LogP contribution in [0.15, 0.2) is 24.3 Å². The van der Waals surface area contributed by atoms with Crippen LogP contribution >= 0.6 is 35.8 Å². The van der Waals surface area contributed by atoms with E-state index in [0.29, 0.717) is 0 Å². The monoisotopic (exact) mass is 377 g/mol. The molecule has 0 spiro atoms. The molecule has 1 saturated heterocycles. The van der Waals surface area contributed by atoms with Crippen LogP contribution in [0.1, 0.15) is 12.0 Å². The van der Waals surface area contributed by atoms with E-state index in [1.807, 2.05) is 23.3 Å². The van der Waals surface area contributed by atoms with Gasteiger partial charge in [-0.3, -0.25) is 9.69 Å². The van der Waals surface area contributed by atoms with E-state index in [-0.39, 0.29) is 24.4 Å². The van der Waals surface area contributed by atoms with E-state index in [1.165, 1.54) is 5.56 Å². The third kappa shape index (κ3) is 6.51. The molecule has 7 heteroatoms. The maximum atomic E-state index is 12.3. The van der Waals surface area contributed by atoms with Crippen LogP contribution in [0.25, 0.3) is 0 Å². The molecule has 1 atom stereocenters. The largest absolute Gasteiger partial charge is 0.339 e. The van der Waals surface area contributed by atoms with Crippen LogP contribution in [0.4, 0.5) is 0 Å². The number of rotatable bonds is 6. The molecule has 0 aromatic heterocycles. The number of thioether (sulfide) groups is 1. The molecule has 1 aromatic carbocycles. The number of nitrogens with two attached hydrogens (primary N) is 1. The third-order valence-corrected chi connectivity index (χ3v) is 4.85. The summed E-state index contributed by atoms with van der Waals surface area (Å²) in [7, 11) is 0. The minimum atomic E-state index is -0.352. The van der Waals surface area contributed by atoms with Crippen molar-refractivity contribution < 1.29 is 4.79 Å². The van der Waals surface area contributed by atoms with E-state index in [2.05, 4.69) is 17.0 Å². The normalized spacial score (nSPS) is 16.7. The number of hydrogen-bond donors (Lipinski definition) is 1. The lowest BCUT2D eigenvalue weighted by Gasteiger charge is -2.36. The minimum Gasteiger partial charge on any atom is -0.339 e. The van der Waals surface area contributed by atoms with Crippen LogP contribution in [-0.2, 0) is 11.3 Å². The van der Waals surface area contributed by atoms with E-state index in [4.69, 9.17) is 17.3 Å². The first kappa shape index (κ1) is 20.6. The van der Waals surface area contributed by atoms with E-state index in [9.17, 15) is 4.79 Å². The zero-order chi connectivity index (χ0) is 15.9. The van der Waals surface area contributed by atoms with Gasteiger partial charge in [-0.25, -0.2) is 0 Å². The molecule has 4 nitrogen and oxygen atoms in total. The van der Waals surface area contributed by atoms with E-state index >= 15 is 0 Å². The Kier molecular flexibility index (Phi) is 9.32. The summed E-state index contributed by atoms with van der Waals surface area (Å²) < 4.78 is 0. The molecule has 2 rings (SSSR count). The Bertz CT molecular complexity index is 479. The highest BCUT2D eigenvalue weighted by Gasteiger charge is 2.24. The first-order valence-electron chi connectivity index (χ1n) is 7.60. The molecule has 23 heavy (non-hydrogen) atoms. The molecular weight excluding hydrogens is 353 g/mol. The molecule has 1 amide bonds. The Labute approximate surface area is 154 Å². The van der Waals surface area contributed by atoms with Crippen molar-refractivity contribution in [1.82, 2.24) is 9.80 Å². The van der Waals surface area contributed by atoms with Crippen LogP contribution in [0, 0.1) is 0 Å². The number of hydrogen-bond acceptors (Lipinski definition) is 4. The maximum Gasteiger partial charge on any atom is 0.239 e. The summed E-state index contributed by atoms with van der Waals surface area (Å²) >= 11 is 7.63. The number of carbonyl (C=O) groups excluding carboxylic acids is 1. The number of carbonyl (C=O) groups is 1. The van der Waals surface area contributed by atoms with Gasteiger partial charge in [0.05, 0.1) is 6.04 Å². The first-order chi connectivity index (χ1) is 10.6. The quantitative estimate of drug-likeness (QED) is 0.826. The summed E-state index contributed by atoms with van der Waals surface area (Å²) in [4.78, 5) is 16.5. The molecule has 0 aliphatic carbocycles. The van der Waals surface area contributed by atoms with Gasteiger partial charge in [-0.05, 0) is 36.1 Å². The Balaban J connectivity index is 0.00000264. The Morgan fingerprint density at radius 1 is 1.26 bits per heavy atom. The van der Waals surface area contributed by atoms with Crippen LogP contribution < -0.4 is 5.73 Å². The standard InChI is InChI=1S/C16H24ClN3OS.ClH/c1-22-11-6-15(18)16(21)20-9-7-19(8-10-20)12-13-2-4-14(17)5-3-13;/h2-5,15H,6-12,18H2,1H3;1H. The van der Waals surface area contributed by atoms with Gasteiger partial charge in [0.25, 0.3) is 0 Å². The fraction of sp³-hybridized carbons (Fsp3) is 0.562. The molecule has 1 aliphatic heterocycles. The highest BCUT2D eigenvalue weighted by atomic mass is 35.5. The van der Waals surface area contributed by atoms with E-state index in [0.717, 1.165) is 49.9 Å². The molecular formula is C16H25Cl2N3OS. The van der Waals surface area contributed by atoms with Crippen molar-refractivity contribution in [2.24, 2.45) is 5.73 Å². The number of benzene rings is 1. The molecule has 0 radical (unpaired) electrons. The maximum absolute atomic E-state index is 12.3. The van der Waals surface area contributed by atoms with E-state index in [1.54, 1.807) is 11.8 Å². The van der Waals surface area contributed by atoms with Crippen LogP contribution in [0.2, 0.25) is 5.02 Å². The molecule has 0 saturated carbocycles. The van der Waals surface area contributed by atoms with E-state index < -0.39 is 0 Å². The lowest BCUT2D eigenvalue weighted by molar-refractivity contribution is -0.134. The van der Waals surface area contributed by atoms with Crippen LogP contribution in [-0.4, -0.2) is 59.9 Å². The Morgan fingerprint density at radius 2 is 1.87 bits per heavy atom. The van der Waals surface area contributed by atoms with Gasteiger partial charge in [-0.2, -0.15) is 11.8 Å². The number of piperazine rings is 1. The van der Waals surface area contributed by atoms with Crippen molar-refractivity contribution in [2.45, 2.75) is 19.0 Å². The van der Waals surface area contributed by atoms with Crippen molar-refractivity contribution in [3.8, 4) is 0 Å². The van der Waals surface area contributed by atoms with Crippen molar-refractivity contribution in [3.63, 3.8) is 0 Å². The smallest absolute Gasteiger partial charge is 0.239 e. The molecule has 1 aliphatic rings. The first-order valence-corrected chi connectivity index (χ1v) is 9.37. The topological polar surface area (TPSA) is 49.6 Å². The number of amides is 1. The SMILES string of the molecule is CSCCC(N)C(=O)N1CCN(Cc2ccc(Cl)cc2)CC1.Cl. The molecule has 1 heterocycles. The van der Waals surface area contributed by atoms with Crippen LogP contribution in [0.3, 0.4) is 0 Å². The van der Waals surface area contributed by atoms with Gasteiger partial charge in [-0.15, -0.1) is 12.4 Å².